The largest absolute Gasteiger partial charge is 0.377 e. The summed E-state index contributed by atoms with van der Waals surface area (Å²) >= 11 is 0. The Kier molecular flexibility index (Phi) is 2.05. The molecule has 0 saturated heterocycles. The summed E-state index contributed by atoms with van der Waals surface area (Å²) in [4.78, 5) is 4.10. The first-order chi connectivity index (χ1) is 6.27. The first-order valence-corrected chi connectivity index (χ1v) is 4.66. The summed E-state index contributed by atoms with van der Waals surface area (Å²) in [5, 5.41) is 3.45. The summed E-state index contributed by atoms with van der Waals surface area (Å²) in [6.07, 6.45) is 8.08. The zero-order chi connectivity index (χ0) is 9.26. The SMILES string of the molecule is CC(C)C1C=Cc2ccncc2N1. The fourth-order valence-corrected chi connectivity index (χ4v) is 1.50. The van der Waals surface area contributed by atoms with Gasteiger partial charge < -0.3 is 5.32 Å². The van der Waals surface area contributed by atoms with Gasteiger partial charge in [-0.2, -0.15) is 0 Å². The third-order valence-electron chi connectivity index (χ3n) is 2.38. The van der Waals surface area contributed by atoms with Crippen molar-refractivity contribution in [2.45, 2.75) is 19.9 Å². The zero-order valence-electron chi connectivity index (χ0n) is 7.99. The number of nitrogens with zero attached hydrogens (tertiary/aromatic N) is 1. The molecule has 0 spiro atoms. The molecular formula is C11H14N2. The van der Waals surface area contributed by atoms with Crippen molar-refractivity contribution in [3.8, 4) is 0 Å². The van der Waals surface area contributed by atoms with Crippen molar-refractivity contribution in [2.24, 2.45) is 5.92 Å². The van der Waals surface area contributed by atoms with E-state index >= 15 is 0 Å². The Labute approximate surface area is 78.7 Å². The highest BCUT2D eigenvalue weighted by Crippen LogP contribution is 2.23. The third-order valence-corrected chi connectivity index (χ3v) is 2.38. The molecule has 0 amide bonds. The fraction of sp³-hybridized carbons (Fsp3) is 0.364. The molecule has 1 aliphatic rings. The van der Waals surface area contributed by atoms with Crippen molar-refractivity contribution in [3.05, 3.63) is 30.1 Å². The highest BCUT2D eigenvalue weighted by Gasteiger charge is 2.14. The van der Waals surface area contributed by atoms with Crippen LogP contribution in [0.4, 0.5) is 5.69 Å². The molecule has 0 aromatic carbocycles. The average Bonchev–Trinajstić information content (AvgIpc) is 2.17. The van der Waals surface area contributed by atoms with E-state index in [1.807, 2.05) is 18.5 Å². The molecular weight excluding hydrogens is 160 g/mol. The van der Waals surface area contributed by atoms with Gasteiger partial charge in [-0.3, -0.25) is 4.98 Å². The molecule has 0 fully saturated rings. The molecule has 1 atom stereocenters. The molecule has 0 saturated carbocycles. The lowest BCUT2D eigenvalue weighted by Crippen LogP contribution is -2.25. The number of rotatable bonds is 1. The summed E-state index contributed by atoms with van der Waals surface area (Å²) in [7, 11) is 0. The molecule has 2 heterocycles. The maximum atomic E-state index is 4.10. The van der Waals surface area contributed by atoms with Gasteiger partial charge in [-0.15, -0.1) is 0 Å². The molecule has 0 aliphatic carbocycles. The molecule has 1 aliphatic heterocycles. The summed E-state index contributed by atoms with van der Waals surface area (Å²) in [6, 6.07) is 2.46. The van der Waals surface area contributed by atoms with Crippen LogP contribution in [0, 0.1) is 5.92 Å². The van der Waals surface area contributed by atoms with Gasteiger partial charge in [0.25, 0.3) is 0 Å². The first-order valence-electron chi connectivity index (χ1n) is 4.66. The monoisotopic (exact) mass is 174 g/mol. The van der Waals surface area contributed by atoms with Crippen molar-refractivity contribution in [3.63, 3.8) is 0 Å². The van der Waals surface area contributed by atoms with E-state index in [0.717, 1.165) is 5.69 Å². The normalized spacial score (nSPS) is 19.8. The van der Waals surface area contributed by atoms with E-state index < -0.39 is 0 Å². The van der Waals surface area contributed by atoms with Gasteiger partial charge in [0.1, 0.15) is 0 Å². The Hall–Kier alpha value is -1.31. The lowest BCUT2D eigenvalue weighted by molar-refractivity contribution is 0.600. The van der Waals surface area contributed by atoms with E-state index in [-0.39, 0.29) is 0 Å². The predicted molar refractivity (Wildman–Crippen MR) is 55.5 cm³/mol. The average molecular weight is 174 g/mol. The molecule has 1 aromatic heterocycles. The minimum Gasteiger partial charge on any atom is -0.377 e. The molecule has 1 aromatic rings. The number of pyridine rings is 1. The lowest BCUT2D eigenvalue weighted by atomic mass is 9.99. The van der Waals surface area contributed by atoms with Gasteiger partial charge >= 0.3 is 0 Å². The molecule has 2 heteroatoms. The Morgan fingerprint density at radius 3 is 3.08 bits per heavy atom. The van der Waals surface area contributed by atoms with Gasteiger partial charge in [0.05, 0.1) is 11.9 Å². The third kappa shape index (κ3) is 1.57. The van der Waals surface area contributed by atoms with Crippen LogP contribution >= 0.6 is 0 Å². The van der Waals surface area contributed by atoms with Crippen LogP contribution in [0.2, 0.25) is 0 Å². The summed E-state index contributed by atoms with van der Waals surface area (Å²) in [5.41, 5.74) is 2.37. The molecule has 0 radical (unpaired) electrons. The van der Waals surface area contributed by atoms with Gasteiger partial charge in [0.15, 0.2) is 0 Å². The van der Waals surface area contributed by atoms with Crippen molar-refractivity contribution < 1.29 is 0 Å². The van der Waals surface area contributed by atoms with E-state index in [2.05, 4.69) is 36.3 Å². The second-order valence-corrected chi connectivity index (χ2v) is 3.74. The van der Waals surface area contributed by atoms with Gasteiger partial charge in [-0.25, -0.2) is 0 Å². The van der Waals surface area contributed by atoms with Crippen LogP contribution in [0.25, 0.3) is 6.08 Å². The minimum absolute atomic E-state index is 0.441. The predicted octanol–water partition coefficient (Wildman–Crippen LogP) is 2.54. The van der Waals surface area contributed by atoms with E-state index in [4.69, 9.17) is 0 Å². The summed E-state index contributed by atoms with van der Waals surface area (Å²) in [5.74, 6) is 0.615. The van der Waals surface area contributed by atoms with E-state index in [0.29, 0.717) is 12.0 Å². The highest BCUT2D eigenvalue weighted by molar-refractivity contribution is 5.69. The smallest absolute Gasteiger partial charge is 0.0604 e. The van der Waals surface area contributed by atoms with Crippen molar-refractivity contribution in [1.82, 2.24) is 4.98 Å². The van der Waals surface area contributed by atoms with Gasteiger partial charge in [-0.1, -0.05) is 26.0 Å². The summed E-state index contributed by atoms with van der Waals surface area (Å²) < 4.78 is 0. The maximum absolute atomic E-state index is 4.10. The molecule has 68 valence electrons. The molecule has 1 N–H and O–H groups in total. The minimum atomic E-state index is 0.441. The van der Waals surface area contributed by atoms with Crippen LogP contribution in [0.5, 0.6) is 0 Å². The molecule has 1 unspecified atom stereocenters. The Bertz CT molecular complexity index is 329. The Balaban J connectivity index is 2.29. The highest BCUT2D eigenvalue weighted by atomic mass is 14.9. The molecule has 2 rings (SSSR count). The topological polar surface area (TPSA) is 24.9 Å². The van der Waals surface area contributed by atoms with E-state index in [9.17, 15) is 0 Å². The molecule has 0 bridgehead atoms. The Morgan fingerprint density at radius 2 is 2.31 bits per heavy atom. The Morgan fingerprint density at radius 1 is 1.46 bits per heavy atom. The number of aromatic nitrogens is 1. The number of nitrogens with one attached hydrogen (secondary N) is 1. The van der Waals surface area contributed by atoms with Crippen LogP contribution < -0.4 is 5.32 Å². The summed E-state index contributed by atoms with van der Waals surface area (Å²) in [6.45, 7) is 4.42. The van der Waals surface area contributed by atoms with Crippen molar-refractivity contribution in [2.75, 3.05) is 5.32 Å². The van der Waals surface area contributed by atoms with Crippen LogP contribution in [0.1, 0.15) is 19.4 Å². The standard InChI is InChI=1S/C11H14N2/c1-8(2)10-4-3-9-5-6-12-7-11(9)13-10/h3-8,10,13H,1-2H3. The lowest BCUT2D eigenvalue weighted by Gasteiger charge is -2.24. The van der Waals surface area contributed by atoms with Gasteiger partial charge in [0, 0.05) is 17.8 Å². The number of fused-ring (bicyclic) bond motifs is 1. The second kappa shape index (κ2) is 3.21. The van der Waals surface area contributed by atoms with Crippen molar-refractivity contribution in [1.29, 1.82) is 0 Å². The van der Waals surface area contributed by atoms with Gasteiger partial charge in [-0.05, 0) is 12.0 Å². The van der Waals surface area contributed by atoms with Gasteiger partial charge in [0.2, 0.25) is 0 Å². The van der Waals surface area contributed by atoms with Crippen LogP contribution in [-0.4, -0.2) is 11.0 Å². The molecule has 13 heavy (non-hydrogen) atoms. The second-order valence-electron chi connectivity index (χ2n) is 3.74. The van der Waals surface area contributed by atoms with Crippen LogP contribution in [0.15, 0.2) is 24.5 Å². The zero-order valence-corrected chi connectivity index (χ0v) is 7.99. The number of anilines is 1. The van der Waals surface area contributed by atoms with E-state index in [1.54, 1.807) is 0 Å². The van der Waals surface area contributed by atoms with E-state index in [1.165, 1.54) is 5.56 Å². The first kappa shape index (κ1) is 8.30. The maximum Gasteiger partial charge on any atom is 0.0604 e. The van der Waals surface area contributed by atoms with Crippen molar-refractivity contribution >= 4 is 11.8 Å². The fourth-order valence-electron chi connectivity index (χ4n) is 1.50. The quantitative estimate of drug-likeness (QED) is 0.707. The number of hydrogen-bond acceptors (Lipinski definition) is 2. The molecule has 2 nitrogen and oxygen atoms in total. The van der Waals surface area contributed by atoms with Crippen LogP contribution in [0.3, 0.4) is 0 Å². The number of hydrogen-bond donors (Lipinski definition) is 1. The van der Waals surface area contributed by atoms with Crippen LogP contribution in [-0.2, 0) is 0 Å².